The molecule has 0 spiro atoms. The SMILES string of the molecule is CONC(=O)[C@@H]1CCCCN1C(=O)OC(C)(C)C. The van der Waals surface area contributed by atoms with E-state index in [1.807, 2.05) is 0 Å². The highest BCUT2D eigenvalue weighted by Crippen LogP contribution is 2.20. The maximum absolute atomic E-state index is 12.0. The van der Waals surface area contributed by atoms with E-state index in [1.165, 1.54) is 12.0 Å². The van der Waals surface area contributed by atoms with Crippen molar-refractivity contribution < 1.29 is 19.2 Å². The maximum atomic E-state index is 12.0. The fraction of sp³-hybridized carbons (Fsp3) is 0.833. The zero-order valence-electron chi connectivity index (χ0n) is 11.5. The van der Waals surface area contributed by atoms with Crippen LogP contribution in [0.2, 0.25) is 0 Å². The van der Waals surface area contributed by atoms with Gasteiger partial charge in [0.25, 0.3) is 5.91 Å². The minimum absolute atomic E-state index is 0.303. The first-order valence-corrected chi connectivity index (χ1v) is 6.17. The number of carbonyl (C=O) groups is 2. The lowest BCUT2D eigenvalue weighted by atomic mass is 10.0. The van der Waals surface area contributed by atoms with Crippen LogP contribution in [-0.2, 0) is 14.4 Å². The van der Waals surface area contributed by atoms with Gasteiger partial charge in [-0.1, -0.05) is 0 Å². The minimum Gasteiger partial charge on any atom is -0.444 e. The van der Waals surface area contributed by atoms with Crippen molar-refractivity contribution in [2.75, 3.05) is 13.7 Å². The number of nitrogens with zero attached hydrogens (tertiary/aromatic N) is 1. The molecule has 1 atom stereocenters. The molecule has 6 nitrogen and oxygen atoms in total. The van der Waals surface area contributed by atoms with Crippen molar-refractivity contribution in [3.05, 3.63) is 0 Å². The van der Waals surface area contributed by atoms with Crippen molar-refractivity contribution >= 4 is 12.0 Å². The number of hydroxylamine groups is 1. The van der Waals surface area contributed by atoms with E-state index in [-0.39, 0.29) is 5.91 Å². The van der Waals surface area contributed by atoms with Crippen molar-refractivity contribution in [2.24, 2.45) is 0 Å². The van der Waals surface area contributed by atoms with Gasteiger partial charge in [-0.25, -0.2) is 10.3 Å². The number of amides is 2. The molecule has 1 fully saturated rings. The van der Waals surface area contributed by atoms with E-state index in [4.69, 9.17) is 4.74 Å². The van der Waals surface area contributed by atoms with Crippen LogP contribution in [0.25, 0.3) is 0 Å². The van der Waals surface area contributed by atoms with Gasteiger partial charge in [-0.15, -0.1) is 0 Å². The second-order valence-electron chi connectivity index (χ2n) is 5.36. The first kappa shape index (κ1) is 14.8. The van der Waals surface area contributed by atoms with E-state index >= 15 is 0 Å². The first-order chi connectivity index (χ1) is 8.35. The van der Waals surface area contributed by atoms with Gasteiger partial charge in [-0.3, -0.25) is 14.5 Å². The summed E-state index contributed by atoms with van der Waals surface area (Å²) in [5, 5.41) is 0. The van der Waals surface area contributed by atoms with E-state index in [0.717, 1.165) is 12.8 Å². The van der Waals surface area contributed by atoms with Crippen LogP contribution >= 0.6 is 0 Å². The fourth-order valence-electron chi connectivity index (χ4n) is 1.91. The van der Waals surface area contributed by atoms with Crippen LogP contribution in [0.1, 0.15) is 40.0 Å². The number of hydrogen-bond acceptors (Lipinski definition) is 4. The van der Waals surface area contributed by atoms with Gasteiger partial charge in [-0.2, -0.15) is 0 Å². The van der Waals surface area contributed by atoms with Crippen LogP contribution in [0, 0.1) is 0 Å². The summed E-state index contributed by atoms with van der Waals surface area (Å²) < 4.78 is 5.30. The molecule has 0 unspecified atom stereocenters. The summed E-state index contributed by atoms with van der Waals surface area (Å²) in [5.41, 5.74) is 1.72. The Balaban J connectivity index is 2.70. The first-order valence-electron chi connectivity index (χ1n) is 6.17. The summed E-state index contributed by atoms with van der Waals surface area (Å²) in [6.07, 6.45) is 1.99. The number of piperidine rings is 1. The Morgan fingerprint density at radius 1 is 1.28 bits per heavy atom. The van der Waals surface area contributed by atoms with Crippen LogP contribution in [0.4, 0.5) is 4.79 Å². The number of ether oxygens (including phenoxy) is 1. The largest absolute Gasteiger partial charge is 0.444 e. The maximum Gasteiger partial charge on any atom is 0.410 e. The van der Waals surface area contributed by atoms with Gasteiger partial charge in [0.05, 0.1) is 7.11 Å². The Morgan fingerprint density at radius 3 is 2.50 bits per heavy atom. The molecule has 1 aliphatic rings. The molecule has 0 aromatic heterocycles. The van der Waals surface area contributed by atoms with Gasteiger partial charge < -0.3 is 4.74 Å². The predicted molar refractivity (Wildman–Crippen MR) is 65.7 cm³/mol. The van der Waals surface area contributed by atoms with E-state index in [0.29, 0.717) is 13.0 Å². The van der Waals surface area contributed by atoms with Crippen molar-refractivity contribution in [1.29, 1.82) is 0 Å². The van der Waals surface area contributed by atoms with Crippen molar-refractivity contribution in [3.63, 3.8) is 0 Å². The normalized spacial score (nSPS) is 20.4. The lowest BCUT2D eigenvalue weighted by Gasteiger charge is -2.35. The molecule has 6 heteroatoms. The van der Waals surface area contributed by atoms with Crippen LogP contribution in [0.15, 0.2) is 0 Å². The molecule has 0 aromatic rings. The molecule has 0 saturated carbocycles. The minimum atomic E-state index is -0.559. The van der Waals surface area contributed by atoms with Gasteiger partial charge in [0.15, 0.2) is 0 Å². The van der Waals surface area contributed by atoms with Gasteiger partial charge in [0.1, 0.15) is 11.6 Å². The number of carbonyl (C=O) groups excluding carboxylic acids is 2. The number of hydrogen-bond donors (Lipinski definition) is 1. The molecular formula is C12H22N2O4. The smallest absolute Gasteiger partial charge is 0.410 e. The Labute approximate surface area is 108 Å². The summed E-state index contributed by atoms with van der Waals surface area (Å²) in [5.74, 6) is -0.303. The van der Waals surface area contributed by atoms with Crippen molar-refractivity contribution in [2.45, 2.75) is 51.7 Å². The van der Waals surface area contributed by atoms with E-state index in [2.05, 4.69) is 10.3 Å². The van der Waals surface area contributed by atoms with Gasteiger partial charge in [0.2, 0.25) is 0 Å². The molecule has 1 rings (SSSR count). The third-order valence-corrected chi connectivity index (χ3v) is 2.64. The highest BCUT2D eigenvalue weighted by Gasteiger charge is 2.34. The van der Waals surface area contributed by atoms with Crippen LogP contribution in [0.3, 0.4) is 0 Å². The van der Waals surface area contributed by atoms with Crippen molar-refractivity contribution in [1.82, 2.24) is 10.4 Å². The molecule has 104 valence electrons. The highest BCUT2D eigenvalue weighted by molar-refractivity contribution is 5.85. The highest BCUT2D eigenvalue weighted by atomic mass is 16.6. The third-order valence-electron chi connectivity index (χ3n) is 2.64. The average Bonchev–Trinajstić information content (AvgIpc) is 2.27. The van der Waals surface area contributed by atoms with E-state index in [1.54, 1.807) is 20.8 Å². The Bertz CT molecular complexity index is 312. The molecule has 1 saturated heterocycles. The summed E-state index contributed by atoms with van der Waals surface area (Å²) in [4.78, 5) is 29.9. The van der Waals surface area contributed by atoms with Gasteiger partial charge in [-0.05, 0) is 40.0 Å². The van der Waals surface area contributed by atoms with Crippen molar-refractivity contribution in [3.8, 4) is 0 Å². The Kier molecular flexibility index (Phi) is 4.95. The molecule has 1 heterocycles. The van der Waals surface area contributed by atoms with E-state index in [9.17, 15) is 9.59 Å². The molecule has 18 heavy (non-hydrogen) atoms. The predicted octanol–water partition coefficient (Wildman–Crippen LogP) is 1.45. The summed E-state index contributed by atoms with van der Waals surface area (Å²) in [6, 6.07) is -0.506. The second kappa shape index (κ2) is 6.04. The zero-order valence-corrected chi connectivity index (χ0v) is 11.5. The number of nitrogens with one attached hydrogen (secondary N) is 1. The molecule has 0 bridgehead atoms. The Hall–Kier alpha value is -1.30. The summed E-state index contributed by atoms with van der Waals surface area (Å²) in [7, 11) is 1.37. The standard InChI is InChI=1S/C12H22N2O4/c1-12(2,3)18-11(16)14-8-6-5-7-9(14)10(15)13-17-4/h9H,5-8H2,1-4H3,(H,13,15)/t9-/m0/s1. The average molecular weight is 258 g/mol. The third kappa shape index (κ3) is 4.18. The Morgan fingerprint density at radius 2 is 1.94 bits per heavy atom. The fourth-order valence-corrected chi connectivity index (χ4v) is 1.91. The quantitative estimate of drug-likeness (QED) is 0.761. The molecule has 1 aliphatic heterocycles. The zero-order chi connectivity index (χ0) is 13.8. The molecule has 0 radical (unpaired) electrons. The molecular weight excluding hydrogens is 236 g/mol. The lowest BCUT2D eigenvalue weighted by Crippen LogP contribution is -2.52. The molecule has 2 amide bonds. The van der Waals surface area contributed by atoms with E-state index < -0.39 is 17.7 Å². The number of rotatable bonds is 2. The molecule has 0 aromatic carbocycles. The molecule has 0 aliphatic carbocycles. The van der Waals surface area contributed by atoms with Gasteiger partial charge in [0, 0.05) is 6.54 Å². The second-order valence-corrected chi connectivity index (χ2v) is 5.36. The van der Waals surface area contributed by atoms with Crippen LogP contribution in [0.5, 0.6) is 0 Å². The lowest BCUT2D eigenvalue weighted by molar-refractivity contribution is -0.138. The summed E-state index contributed by atoms with van der Waals surface area (Å²) >= 11 is 0. The molecule has 1 N–H and O–H groups in total. The van der Waals surface area contributed by atoms with Crippen LogP contribution < -0.4 is 5.48 Å². The monoisotopic (exact) mass is 258 g/mol. The number of likely N-dealkylation sites (tertiary alicyclic amines) is 1. The van der Waals surface area contributed by atoms with Gasteiger partial charge >= 0.3 is 6.09 Å². The topological polar surface area (TPSA) is 67.9 Å². The summed E-state index contributed by atoms with van der Waals surface area (Å²) in [6.45, 7) is 5.95. The van der Waals surface area contributed by atoms with Crippen LogP contribution in [-0.4, -0.2) is 42.2 Å².